The molecule has 0 aliphatic heterocycles. The lowest BCUT2D eigenvalue weighted by atomic mass is 10.2. The quantitative estimate of drug-likeness (QED) is 0.574. The summed E-state index contributed by atoms with van der Waals surface area (Å²) in [5, 5.41) is 16.1. The molecule has 1 N–H and O–H groups in total. The molecule has 0 radical (unpaired) electrons. The summed E-state index contributed by atoms with van der Waals surface area (Å²) in [5.74, 6) is 0.322. The van der Waals surface area contributed by atoms with Crippen molar-refractivity contribution in [1.29, 1.82) is 5.26 Å². The molecule has 25 heavy (non-hydrogen) atoms. The molecule has 2 aromatic rings. The molecule has 0 amide bonds. The molecule has 2 aromatic carbocycles. The molecule has 0 heterocycles. The van der Waals surface area contributed by atoms with E-state index in [-0.39, 0.29) is 0 Å². The predicted octanol–water partition coefficient (Wildman–Crippen LogP) is 5.59. The van der Waals surface area contributed by atoms with Crippen LogP contribution >= 0.6 is 0 Å². The Labute approximate surface area is 151 Å². The van der Waals surface area contributed by atoms with Gasteiger partial charge in [-0.25, -0.2) is 0 Å². The van der Waals surface area contributed by atoms with Crippen LogP contribution in [-0.4, -0.2) is 11.9 Å². The Morgan fingerprint density at radius 1 is 0.800 bits per heavy atom. The fraction of sp³-hybridized carbons (Fsp3) is 0. The summed E-state index contributed by atoms with van der Waals surface area (Å²) in [5.41, 5.74) is 1.17. The van der Waals surface area contributed by atoms with Gasteiger partial charge in [-0.15, -0.1) is 0 Å². The van der Waals surface area contributed by atoms with Gasteiger partial charge in [0.25, 0.3) is 0 Å². The molecule has 0 fully saturated rings. The largest absolute Gasteiger partial charge is 0.508 e. The van der Waals surface area contributed by atoms with Crippen molar-refractivity contribution in [3.05, 3.63) is 111 Å². The van der Waals surface area contributed by atoms with Gasteiger partial charge in [0.05, 0.1) is 6.07 Å². The Balaban J connectivity index is -0.000000262. The van der Waals surface area contributed by atoms with Gasteiger partial charge in [-0.2, -0.15) is 5.26 Å². The average molecular weight is 335 g/mol. The highest BCUT2D eigenvalue weighted by Crippen LogP contribution is 2.02. The highest BCUT2D eigenvalue weighted by molar-refractivity contribution is 5.45. The fourth-order valence-corrected chi connectivity index (χ4v) is 1.02. The zero-order chi connectivity index (χ0) is 19.8. The highest BCUT2D eigenvalue weighted by atomic mass is 16.3. The van der Waals surface area contributed by atoms with Gasteiger partial charge in [-0.3, -0.25) is 0 Å². The minimum absolute atomic E-state index is 0.322. The molecule has 0 saturated heterocycles. The molecular formula is C22H25NO2. The van der Waals surface area contributed by atoms with Crippen LogP contribution in [0.25, 0.3) is 6.08 Å². The summed E-state index contributed by atoms with van der Waals surface area (Å²) in [6.45, 7) is 15.5. The second-order valence-corrected chi connectivity index (χ2v) is 3.75. The van der Waals surface area contributed by atoms with Gasteiger partial charge in [0.1, 0.15) is 12.5 Å². The van der Waals surface area contributed by atoms with Crippen LogP contribution in [0.4, 0.5) is 0 Å². The third kappa shape index (κ3) is 25.6. The topological polar surface area (TPSA) is 61.1 Å². The maximum atomic E-state index is 8.63. The van der Waals surface area contributed by atoms with Crippen LogP contribution in [0.1, 0.15) is 5.56 Å². The van der Waals surface area contributed by atoms with Crippen LogP contribution in [0.2, 0.25) is 0 Å². The van der Waals surface area contributed by atoms with E-state index in [0.29, 0.717) is 5.75 Å². The minimum atomic E-state index is 0.322. The molecule has 3 heteroatoms. The van der Waals surface area contributed by atoms with Crippen LogP contribution in [-0.2, 0) is 4.79 Å². The highest BCUT2D eigenvalue weighted by Gasteiger charge is 1.76. The molecule has 0 unspecified atom stereocenters. The molecule has 0 saturated carbocycles. The summed E-state index contributed by atoms with van der Waals surface area (Å²) in [7, 11) is 0. The first-order valence-corrected chi connectivity index (χ1v) is 7.10. The monoisotopic (exact) mass is 335 g/mol. The zero-order valence-electron chi connectivity index (χ0n) is 14.4. The van der Waals surface area contributed by atoms with Gasteiger partial charge in [-0.1, -0.05) is 93.1 Å². The fourth-order valence-electron chi connectivity index (χ4n) is 1.02. The lowest BCUT2D eigenvalue weighted by Crippen LogP contribution is -1.63. The van der Waals surface area contributed by atoms with Crippen molar-refractivity contribution in [3.8, 4) is 11.8 Å². The Hall–Kier alpha value is -3.64. The van der Waals surface area contributed by atoms with Gasteiger partial charge in [0.2, 0.25) is 0 Å². The SMILES string of the molecule is C=CC#N.C=CC=C.C=Cc1ccccc1.C=O.Oc1ccccc1. The number of phenols is 1. The summed E-state index contributed by atoms with van der Waals surface area (Å²) in [4.78, 5) is 8.00. The van der Waals surface area contributed by atoms with E-state index in [0.717, 1.165) is 0 Å². The van der Waals surface area contributed by atoms with Crippen LogP contribution < -0.4 is 0 Å². The maximum absolute atomic E-state index is 8.63. The van der Waals surface area contributed by atoms with Crippen LogP contribution in [0.3, 0.4) is 0 Å². The Kier molecular flexibility index (Phi) is 26.6. The lowest BCUT2D eigenvalue weighted by molar-refractivity contribution is -0.0979. The summed E-state index contributed by atoms with van der Waals surface area (Å²) >= 11 is 0. The van der Waals surface area contributed by atoms with Gasteiger partial charge < -0.3 is 9.90 Å². The van der Waals surface area contributed by atoms with Gasteiger partial charge >= 0.3 is 0 Å². The molecule has 3 nitrogen and oxygen atoms in total. The van der Waals surface area contributed by atoms with Crippen LogP contribution in [0.5, 0.6) is 5.75 Å². The average Bonchev–Trinajstić information content (AvgIpc) is 2.71. The number of aromatic hydroxyl groups is 1. The molecule has 2 rings (SSSR count). The smallest absolute Gasteiger partial charge is 0.115 e. The first-order valence-electron chi connectivity index (χ1n) is 7.10. The summed E-state index contributed by atoms with van der Waals surface area (Å²) < 4.78 is 0. The molecule has 0 aromatic heterocycles. The first kappa shape index (κ1) is 26.3. The molecular weight excluding hydrogens is 310 g/mol. The van der Waals surface area contributed by atoms with E-state index in [1.807, 2.05) is 49.3 Å². The number of nitrogens with zero attached hydrogens (tertiary/aromatic N) is 1. The van der Waals surface area contributed by atoms with E-state index in [9.17, 15) is 0 Å². The number of carbonyl (C=O) groups is 1. The lowest BCUT2D eigenvalue weighted by Gasteiger charge is -1.85. The Morgan fingerprint density at radius 3 is 1.32 bits per heavy atom. The van der Waals surface area contributed by atoms with E-state index in [1.54, 1.807) is 42.5 Å². The number of nitriles is 1. The third-order valence-electron chi connectivity index (χ3n) is 2.05. The number of benzene rings is 2. The van der Waals surface area contributed by atoms with Crippen LogP contribution in [0, 0.1) is 11.3 Å². The second kappa shape index (κ2) is 25.3. The number of para-hydroxylation sites is 1. The van der Waals surface area contributed by atoms with Gasteiger partial charge in [0.15, 0.2) is 0 Å². The number of rotatable bonds is 2. The minimum Gasteiger partial charge on any atom is -0.508 e. The van der Waals surface area contributed by atoms with Crippen molar-refractivity contribution < 1.29 is 9.90 Å². The van der Waals surface area contributed by atoms with Crippen molar-refractivity contribution >= 4 is 12.9 Å². The van der Waals surface area contributed by atoms with Crippen molar-refractivity contribution in [2.45, 2.75) is 0 Å². The number of allylic oxidation sites excluding steroid dienone is 3. The van der Waals surface area contributed by atoms with E-state index in [2.05, 4.69) is 26.3 Å². The number of hydrogen-bond acceptors (Lipinski definition) is 3. The van der Waals surface area contributed by atoms with E-state index < -0.39 is 0 Å². The van der Waals surface area contributed by atoms with Gasteiger partial charge in [0, 0.05) is 6.08 Å². The molecule has 0 spiro atoms. The van der Waals surface area contributed by atoms with Crippen molar-refractivity contribution in [3.63, 3.8) is 0 Å². The van der Waals surface area contributed by atoms with Crippen molar-refractivity contribution in [2.75, 3.05) is 0 Å². The third-order valence-corrected chi connectivity index (χ3v) is 2.05. The zero-order valence-corrected chi connectivity index (χ0v) is 14.4. The van der Waals surface area contributed by atoms with E-state index >= 15 is 0 Å². The van der Waals surface area contributed by atoms with E-state index in [1.165, 1.54) is 11.6 Å². The number of phenolic OH excluding ortho intramolecular Hbond substituents is 1. The Bertz CT molecular complexity index is 593. The first-order chi connectivity index (χ1) is 12.2. The predicted molar refractivity (Wildman–Crippen MR) is 108 cm³/mol. The van der Waals surface area contributed by atoms with Crippen molar-refractivity contribution in [2.24, 2.45) is 0 Å². The summed E-state index contributed by atoms with van der Waals surface area (Å²) in [6, 6.07) is 20.4. The molecule has 0 bridgehead atoms. The number of carbonyl (C=O) groups excluding carboxylic acids is 1. The Morgan fingerprint density at radius 2 is 1.16 bits per heavy atom. The molecule has 130 valence electrons. The second-order valence-electron chi connectivity index (χ2n) is 3.75. The standard InChI is InChI=1S/C8H8.C6H6O.C4H6.C3H3N.CH2O/c1-2-8-6-4-3-5-7-8;7-6-4-2-1-3-5-6;1-3-4-2;1-2-3-4;1-2/h2-7H,1H2;1-5,7H;3-4H,1-2H2;2H,1H2;1H2. The van der Waals surface area contributed by atoms with Crippen LogP contribution in [0.15, 0.2) is 105 Å². The number of hydrogen-bond donors (Lipinski definition) is 1. The summed E-state index contributed by atoms with van der Waals surface area (Å²) in [6.07, 6.45) is 6.29. The van der Waals surface area contributed by atoms with E-state index in [4.69, 9.17) is 15.2 Å². The molecule has 0 aliphatic rings. The van der Waals surface area contributed by atoms with Gasteiger partial charge in [-0.05, 0) is 17.7 Å². The normalized spacial score (nSPS) is 6.68. The molecule has 0 aliphatic carbocycles. The van der Waals surface area contributed by atoms with Crippen molar-refractivity contribution in [1.82, 2.24) is 0 Å². The maximum Gasteiger partial charge on any atom is 0.115 e. The molecule has 0 atom stereocenters.